The lowest BCUT2D eigenvalue weighted by Gasteiger charge is -2.27. The minimum atomic E-state index is -0.192. The van der Waals surface area contributed by atoms with E-state index in [2.05, 4.69) is 20.7 Å². The summed E-state index contributed by atoms with van der Waals surface area (Å²) in [7, 11) is 0. The molecule has 5 rings (SSSR count). The molecule has 1 aromatic carbocycles. The molecule has 0 saturated carbocycles. The zero-order chi connectivity index (χ0) is 19.6. The predicted molar refractivity (Wildman–Crippen MR) is 108 cm³/mol. The van der Waals surface area contributed by atoms with Crippen molar-refractivity contribution >= 4 is 11.4 Å². The van der Waals surface area contributed by atoms with Crippen LogP contribution in [-0.2, 0) is 4.74 Å². The molecule has 29 heavy (non-hydrogen) atoms. The summed E-state index contributed by atoms with van der Waals surface area (Å²) in [6.45, 7) is 2.51. The average molecular weight is 388 g/mol. The summed E-state index contributed by atoms with van der Waals surface area (Å²) in [6, 6.07) is 15.6. The minimum Gasteiger partial charge on any atom is -0.379 e. The molecule has 1 saturated heterocycles. The number of aromatic amines is 1. The van der Waals surface area contributed by atoms with Gasteiger partial charge in [-0.3, -0.25) is 15.3 Å². The van der Waals surface area contributed by atoms with Crippen molar-refractivity contribution in [2.45, 2.75) is 0 Å². The second-order valence-electron chi connectivity index (χ2n) is 6.84. The number of aromatic nitrogens is 4. The molecule has 4 heterocycles. The molecule has 1 aliphatic heterocycles. The van der Waals surface area contributed by atoms with E-state index < -0.39 is 0 Å². The topological polar surface area (TPSA) is 87.6 Å². The Morgan fingerprint density at radius 1 is 1.07 bits per heavy atom. The van der Waals surface area contributed by atoms with Crippen LogP contribution in [0.25, 0.3) is 28.0 Å². The molecule has 8 nitrogen and oxygen atoms in total. The highest BCUT2D eigenvalue weighted by molar-refractivity contribution is 6.05. The lowest BCUT2D eigenvalue weighted by Crippen LogP contribution is -2.48. The fraction of sp³-hybridized carbons (Fsp3) is 0.190. The van der Waals surface area contributed by atoms with Crippen molar-refractivity contribution in [1.82, 2.24) is 30.2 Å². The number of carbonyl (C=O) groups excluding carboxylic acids is 1. The van der Waals surface area contributed by atoms with Crippen LogP contribution in [0.15, 0.2) is 60.9 Å². The first-order valence-corrected chi connectivity index (χ1v) is 9.51. The predicted octanol–water partition coefficient (Wildman–Crippen LogP) is 2.37. The normalized spacial score (nSPS) is 14.9. The van der Waals surface area contributed by atoms with Crippen molar-refractivity contribution in [3.05, 3.63) is 66.5 Å². The van der Waals surface area contributed by atoms with Gasteiger partial charge in [-0.05, 0) is 18.2 Å². The first-order valence-electron chi connectivity index (χ1n) is 9.51. The Kier molecular flexibility index (Phi) is 4.55. The zero-order valence-electron chi connectivity index (χ0n) is 15.7. The van der Waals surface area contributed by atoms with Crippen molar-refractivity contribution < 1.29 is 9.53 Å². The number of ether oxygens (including phenoxy) is 1. The monoisotopic (exact) mass is 388 g/mol. The molecule has 1 fully saturated rings. The second kappa shape index (κ2) is 7.50. The Labute approximate surface area is 167 Å². The third-order valence-corrected chi connectivity index (χ3v) is 5.00. The highest BCUT2D eigenvalue weighted by atomic mass is 16.5. The van der Waals surface area contributed by atoms with E-state index >= 15 is 0 Å². The summed E-state index contributed by atoms with van der Waals surface area (Å²) in [6.07, 6.45) is 3.61. The van der Waals surface area contributed by atoms with Crippen LogP contribution in [0.1, 0.15) is 10.4 Å². The number of hydrogen-bond donors (Lipinski definition) is 2. The van der Waals surface area contributed by atoms with E-state index in [0.717, 1.165) is 16.6 Å². The van der Waals surface area contributed by atoms with Crippen molar-refractivity contribution in [3.8, 4) is 22.5 Å². The maximum atomic E-state index is 13.3. The van der Waals surface area contributed by atoms with E-state index in [1.165, 1.54) is 0 Å². The number of pyridine rings is 1. The molecular weight excluding hydrogens is 368 g/mol. The molecule has 0 spiro atoms. The number of nitrogens with one attached hydrogen (secondary N) is 2. The summed E-state index contributed by atoms with van der Waals surface area (Å²) < 4.78 is 7.15. The zero-order valence-corrected chi connectivity index (χ0v) is 15.7. The highest BCUT2D eigenvalue weighted by Gasteiger charge is 2.25. The number of rotatable bonds is 4. The number of fused-ring (bicyclic) bond motifs is 1. The summed E-state index contributed by atoms with van der Waals surface area (Å²) in [5.41, 5.74) is 7.53. The third-order valence-electron chi connectivity index (χ3n) is 5.00. The molecule has 4 aromatic rings. The minimum absolute atomic E-state index is 0.192. The van der Waals surface area contributed by atoms with Gasteiger partial charge < -0.3 is 4.74 Å². The summed E-state index contributed by atoms with van der Waals surface area (Å²) in [5.74, 6) is -0.192. The molecule has 0 atom stereocenters. The van der Waals surface area contributed by atoms with Crippen LogP contribution in [0, 0.1) is 0 Å². The highest BCUT2D eigenvalue weighted by Crippen LogP contribution is 2.30. The van der Waals surface area contributed by atoms with Gasteiger partial charge in [-0.15, -0.1) is 0 Å². The quantitative estimate of drug-likeness (QED) is 0.560. The molecule has 2 N–H and O–H groups in total. The fourth-order valence-electron chi connectivity index (χ4n) is 3.53. The van der Waals surface area contributed by atoms with Crippen LogP contribution in [0.5, 0.6) is 0 Å². The Balaban J connectivity index is 1.58. The maximum Gasteiger partial charge on any atom is 0.270 e. The van der Waals surface area contributed by atoms with E-state index in [1.54, 1.807) is 10.7 Å². The van der Waals surface area contributed by atoms with Gasteiger partial charge in [-0.25, -0.2) is 9.52 Å². The van der Waals surface area contributed by atoms with Crippen LogP contribution in [0.2, 0.25) is 0 Å². The van der Waals surface area contributed by atoms with Gasteiger partial charge in [0.25, 0.3) is 5.91 Å². The molecule has 0 bridgehead atoms. The molecule has 8 heteroatoms. The van der Waals surface area contributed by atoms with Gasteiger partial charge in [0.15, 0.2) is 0 Å². The number of nitrogens with zero attached hydrogens (tertiary/aromatic N) is 4. The number of amides is 1. The molecular formula is C21H20N6O2. The fourth-order valence-corrected chi connectivity index (χ4v) is 3.53. The Morgan fingerprint density at radius 2 is 1.90 bits per heavy atom. The largest absolute Gasteiger partial charge is 0.379 e. The van der Waals surface area contributed by atoms with Crippen molar-refractivity contribution in [2.75, 3.05) is 26.3 Å². The number of carbonyl (C=O) groups is 1. The first-order chi connectivity index (χ1) is 14.3. The summed E-state index contributed by atoms with van der Waals surface area (Å²) in [4.78, 5) is 13.3. The van der Waals surface area contributed by atoms with E-state index in [9.17, 15) is 4.79 Å². The van der Waals surface area contributed by atoms with E-state index in [1.807, 2.05) is 59.7 Å². The van der Waals surface area contributed by atoms with Gasteiger partial charge in [-0.1, -0.05) is 30.3 Å². The number of morpholine rings is 1. The summed E-state index contributed by atoms with van der Waals surface area (Å²) >= 11 is 0. The third kappa shape index (κ3) is 3.39. The van der Waals surface area contributed by atoms with E-state index in [0.29, 0.717) is 43.3 Å². The number of hydrogen-bond acceptors (Lipinski definition) is 5. The van der Waals surface area contributed by atoms with Gasteiger partial charge in [-0.2, -0.15) is 10.2 Å². The number of H-pyrrole nitrogens is 1. The van der Waals surface area contributed by atoms with Crippen LogP contribution < -0.4 is 5.43 Å². The van der Waals surface area contributed by atoms with E-state index in [-0.39, 0.29) is 5.91 Å². The smallest absolute Gasteiger partial charge is 0.270 e. The molecule has 0 radical (unpaired) electrons. The van der Waals surface area contributed by atoms with Gasteiger partial charge in [0, 0.05) is 36.6 Å². The lowest BCUT2D eigenvalue weighted by atomic mass is 10.0. The maximum absolute atomic E-state index is 13.3. The Bertz CT molecular complexity index is 1140. The van der Waals surface area contributed by atoms with Crippen LogP contribution in [0.4, 0.5) is 0 Å². The molecule has 0 unspecified atom stereocenters. The van der Waals surface area contributed by atoms with Crippen molar-refractivity contribution in [1.29, 1.82) is 0 Å². The summed E-state index contributed by atoms with van der Waals surface area (Å²) in [5, 5.41) is 13.7. The van der Waals surface area contributed by atoms with Gasteiger partial charge in [0.1, 0.15) is 5.69 Å². The SMILES string of the molecule is O=C(NN1CCOCC1)c1c(-c2ccn3nccc3c2)n[nH]c1-c1ccccc1. The molecule has 1 amide bonds. The number of benzene rings is 1. The lowest BCUT2D eigenvalue weighted by molar-refractivity contribution is 0.0126. The standard InChI is InChI=1S/C21H20N6O2/c28-21(25-26-10-12-29-13-11-26)18-19(15-4-2-1-3-5-15)23-24-20(18)16-7-9-27-17(14-16)6-8-22-27/h1-9,14H,10-13H2,(H,23,24)(H,25,28). The molecule has 1 aliphatic rings. The van der Waals surface area contributed by atoms with Gasteiger partial charge in [0.2, 0.25) is 0 Å². The molecule has 0 aliphatic carbocycles. The molecule has 146 valence electrons. The Hall–Kier alpha value is -3.49. The Morgan fingerprint density at radius 3 is 2.72 bits per heavy atom. The number of hydrazine groups is 1. The van der Waals surface area contributed by atoms with E-state index in [4.69, 9.17) is 4.74 Å². The van der Waals surface area contributed by atoms with Gasteiger partial charge in [0.05, 0.1) is 30.0 Å². The van der Waals surface area contributed by atoms with Crippen LogP contribution >= 0.6 is 0 Å². The van der Waals surface area contributed by atoms with Gasteiger partial charge >= 0.3 is 0 Å². The van der Waals surface area contributed by atoms with Crippen molar-refractivity contribution in [2.24, 2.45) is 0 Å². The van der Waals surface area contributed by atoms with Crippen molar-refractivity contribution in [3.63, 3.8) is 0 Å². The molecule has 3 aromatic heterocycles. The van der Waals surface area contributed by atoms with Crippen LogP contribution in [0.3, 0.4) is 0 Å². The first kappa shape index (κ1) is 17.6. The second-order valence-corrected chi connectivity index (χ2v) is 6.84. The van der Waals surface area contributed by atoms with Crippen LogP contribution in [-0.4, -0.2) is 57.0 Å². The average Bonchev–Trinajstić information content (AvgIpc) is 3.41.